The zero-order chi connectivity index (χ0) is 19.2. The number of esters is 1. The van der Waals surface area contributed by atoms with E-state index in [1.807, 2.05) is 4.90 Å². The van der Waals surface area contributed by atoms with Crippen molar-refractivity contribution in [3.63, 3.8) is 0 Å². The highest BCUT2D eigenvalue weighted by atomic mass is 79.9. The van der Waals surface area contributed by atoms with Gasteiger partial charge in [-0.05, 0) is 60.2 Å². The lowest BCUT2D eigenvalue weighted by atomic mass is 10.1. The second-order valence-corrected chi connectivity index (χ2v) is 7.72. The lowest BCUT2D eigenvalue weighted by Crippen LogP contribution is -2.34. The van der Waals surface area contributed by atoms with Crippen LogP contribution in [0, 0.1) is 0 Å². The molecule has 0 aromatic carbocycles. The van der Waals surface area contributed by atoms with E-state index < -0.39 is 0 Å². The summed E-state index contributed by atoms with van der Waals surface area (Å²) in [6.07, 6.45) is 4.15. The molecule has 2 aliphatic heterocycles. The number of rotatable bonds is 8. The standard InChI is InChI=1S/C19H27BrN4O3/c1-2-27-17(25)7-10-24-12-11-23(19(24)26)9-4-6-16-15(20)13-14-5-3-8-21-18(14)22-16/h13H,2-12H2,1H3,(H,21,22). The summed E-state index contributed by atoms with van der Waals surface area (Å²) in [5.41, 5.74) is 2.30. The fourth-order valence-corrected chi connectivity index (χ4v) is 4.08. The maximum Gasteiger partial charge on any atom is 0.320 e. The van der Waals surface area contributed by atoms with Crippen molar-refractivity contribution in [3.8, 4) is 0 Å². The minimum absolute atomic E-state index is 0.0124. The van der Waals surface area contributed by atoms with Crippen LogP contribution in [0.4, 0.5) is 10.6 Å². The van der Waals surface area contributed by atoms with E-state index in [9.17, 15) is 9.59 Å². The number of carbonyl (C=O) groups is 2. The molecule has 2 aliphatic rings. The van der Waals surface area contributed by atoms with Crippen molar-refractivity contribution in [1.82, 2.24) is 14.8 Å². The summed E-state index contributed by atoms with van der Waals surface area (Å²) in [5, 5.41) is 3.37. The number of anilines is 1. The Hall–Kier alpha value is -1.83. The number of halogens is 1. The van der Waals surface area contributed by atoms with E-state index in [2.05, 4.69) is 27.3 Å². The Kier molecular flexibility index (Phi) is 6.93. The van der Waals surface area contributed by atoms with Crippen molar-refractivity contribution >= 4 is 33.7 Å². The van der Waals surface area contributed by atoms with E-state index in [1.54, 1.807) is 11.8 Å². The quantitative estimate of drug-likeness (QED) is 0.631. The summed E-state index contributed by atoms with van der Waals surface area (Å²) in [6, 6.07) is 2.18. The van der Waals surface area contributed by atoms with Gasteiger partial charge in [0.25, 0.3) is 0 Å². The van der Waals surface area contributed by atoms with Gasteiger partial charge >= 0.3 is 12.0 Å². The third-order valence-corrected chi connectivity index (χ3v) is 5.64. The summed E-state index contributed by atoms with van der Waals surface area (Å²) in [7, 11) is 0. The smallest absolute Gasteiger partial charge is 0.320 e. The van der Waals surface area contributed by atoms with Crippen LogP contribution >= 0.6 is 15.9 Å². The highest BCUT2D eigenvalue weighted by Gasteiger charge is 2.28. The van der Waals surface area contributed by atoms with Crippen molar-refractivity contribution in [2.45, 2.75) is 39.0 Å². The molecule has 0 spiro atoms. The number of aromatic nitrogens is 1. The van der Waals surface area contributed by atoms with Gasteiger partial charge in [-0.3, -0.25) is 4.79 Å². The Morgan fingerprint density at radius 1 is 1.33 bits per heavy atom. The molecule has 3 heterocycles. The average molecular weight is 439 g/mol. The summed E-state index contributed by atoms with van der Waals surface area (Å²) < 4.78 is 5.97. The first-order valence-corrected chi connectivity index (χ1v) is 10.5. The molecule has 1 aromatic heterocycles. The molecule has 27 heavy (non-hydrogen) atoms. The Balaban J connectivity index is 1.46. The molecule has 0 aliphatic carbocycles. The van der Waals surface area contributed by atoms with Crippen LogP contribution in [0.3, 0.4) is 0 Å². The fourth-order valence-electron chi connectivity index (χ4n) is 3.51. The molecule has 7 nitrogen and oxygen atoms in total. The lowest BCUT2D eigenvalue weighted by molar-refractivity contribution is -0.143. The van der Waals surface area contributed by atoms with Crippen molar-refractivity contribution < 1.29 is 14.3 Å². The number of nitrogens with one attached hydrogen (secondary N) is 1. The van der Waals surface area contributed by atoms with Crippen LogP contribution in [-0.4, -0.2) is 66.1 Å². The zero-order valence-electron chi connectivity index (χ0n) is 15.8. The number of fused-ring (bicyclic) bond motifs is 1. The van der Waals surface area contributed by atoms with Crippen LogP contribution in [-0.2, 0) is 22.4 Å². The molecule has 8 heteroatoms. The number of nitrogens with zero attached hydrogens (tertiary/aromatic N) is 3. The molecule has 1 N–H and O–H groups in total. The van der Waals surface area contributed by atoms with E-state index in [-0.39, 0.29) is 18.4 Å². The summed E-state index contributed by atoms with van der Waals surface area (Å²) >= 11 is 3.63. The summed E-state index contributed by atoms with van der Waals surface area (Å²) in [6.45, 7) is 5.65. The molecule has 0 unspecified atom stereocenters. The first kappa shape index (κ1) is 19.9. The Labute approximate surface area is 168 Å². The van der Waals surface area contributed by atoms with E-state index >= 15 is 0 Å². The van der Waals surface area contributed by atoms with Gasteiger partial charge in [0.1, 0.15) is 5.82 Å². The second kappa shape index (κ2) is 9.39. The van der Waals surface area contributed by atoms with Gasteiger partial charge in [0.15, 0.2) is 0 Å². The number of amides is 2. The Morgan fingerprint density at radius 2 is 2.11 bits per heavy atom. The molecular weight excluding hydrogens is 412 g/mol. The number of carbonyl (C=O) groups excluding carboxylic acids is 2. The van der Waals surface area contributed by atoms with E-state index in [0.717, 1.165) is 48.2 Å². The SMILES string of the molecule is CCOC(=O)CCN1CCN(CCCc2nc3c(cc2Br)CCCN3)C1=O. The summed E-state index contributed by atoms with van der Waals surface area (Å²) in [5.74, 6) is 0.752. The van der Waals surface area contributed by atoms with Crippen LogP contribution in [0.25, 0.3) is 0 Å². The third-order valence-electron chi connectivity index (χ3n) is 4.96. The van der Waals surface area contributed by atoms with Crippen molar-refractivity contribution in [2.24, 2.45) is 0 Å². The van der Waals surface area contributed by atoms with E-state index in [1.165, 1.54) is 5.56 Å². The molecule has 1 fully saturated rings. The number of hydrogen-bond donors (Lipinski definition) is 1. The highest BCUT2D eigenvalue weighted by Crippen LogP contribution is 2.26. The van der Waals surface area contributed by atoms with Crippen molar-refractivity contribution in [2.75, 3.05) is 44.6 Å². The first-order chi connectivity index (χ1) is 13.1. The van der Waals surface area contributed by atoms with E-state index in [4.69, 9.17) is 9.72 Å². The van der Waals surface area contributed by atoms with Crippen LogP contribution < -0.4 is 5.32 Å². The van der Waals surface area contributed by atoms with Gasteiger partial charge in [0.2, 0.25) is 0 Å². The predicted octanol–water partition coefficient (Wildman–Crippen LogP) is 2.83. The monoisotopic (exact) mass is 438 g/mol. The maximum absolute atomic E-state index is 12.4. The zero-order valence-corrected chi connectivity index (χ0v) is 17.4. The second-order valence-electron chi connectivity index (χ2n) is 6.87. The molecule has 0 atom stereocenters. The van der Waals surface area contributed by atoms with Gasteiger partial charge in [-0.15, -0.1) is 0 Å². The molecule has 1 saturated heterocycles. The van der Waals surface area contributed by atoms with Gasteiger partial charge in [-0.25, -0.2) is 9.78 Å². The molecular formula is C19H27BrN4O3. The van der Waals surface area contributed by atoms with Gasteiger partial charge in [-0.1, -0.05) is 0 Å². The van der Waals surface area contributed by atoms with Crippen LogP contribution in [0.5, 0.6) is 0 Å². The maximum atomic E-state index is 12.4. The molecule has 2 amide bonds. The van der Waals surface area contributed by atoms with Gasteiger partial charge in [-0.2, -0.15) is 0 Å². The molecule has 0 bridgehead atoms. The number of ether oxygens (including phenoxy) is 1. The van der Waals surface area contributed by atoms with Crippen molar-refractivity contribution in [3.05, 3.63) is 21.8 Å². The Morgan fingerprint density at radius 3 is 2.89 bits per heavy atom. The molecule has 3 rings (SSSR count). The van der Waals surface area contributed by atoms with Crippen LogP contribution in [0.1, 0.15) is 37.4 Å². The van der Waals surface area contributed by atoms with Gasteiger partial charge in [0.05, 0.1) is 18.7 Å². The number of hydrogen-bond acceptors (Lipinski definition) is 5. The first-order valence-electron chi connectivity index (χ1n) is 9.70. The predicted molar refractivity (Wildman–Crippen MR) is 107 cm³/mol. The molecule has 1 aromatic rings. The van der Waals surface area contributed by atoms with Crippen LogP contribution in [0.2, 0.25) is 0 Å². The average Bonchev–Trinajstić information content (AvgIpc) is 3.00. The van der Waals surface area contributed by atoms with Gasteiger partial charge < -0.3 is 19.9 Å². The normalized spacial score (nSPS) is 16.3. The fraction of sp³-hybridized carbons (Fsp3) is 0.632. The van der Waals surface area contributed by atoms with Gasteiger partial charge in [0, 0.05) is 37.2 Å². The number of pyridine rings is 1. The Bertz CT molecular complexity index is 698. The summed E-state index contributed by atoms with van der Waals surface area (Å²) in [4.78, 5) is 32.2. The third kappa shape index (κ3) is 5.12. The largest absolute Gasteiger partial charge is 0.466 e. The topological polar surface area (TPSA) is 74.8 Å². The number of urea groups is 1. The number of aryl methyl sites for hydroxylation is 2. The minimum atomic E-state index is -0.249. The van der Waals surface area contributed by atoms with E-state index in [0.29, 0.717) is 32.8 Å². The van der Waals surface area contributed by atoms with Crippen molar-refractivity contribution in [1.29, 1.82) is 0 Å². The highest BCUT2D eigenvalue weighted by molar-refractivity contribution is 9.10. The lowest BCUT2D eigenvalue weighted by Gasteiger charge is -2.20. The molecule has 148 valence electrons. The molecule has 0 saturated carbocycles. The van der Waals surface area contributed by atoms with Crippen LogP contribution in [0.15, 0.2) is 10.5 Å². The molecule has 0 radical (unpaired) electrons. The minimum Gasteiger partial charge on any atom is -0.466 e.